The minimum absolute atomic E-state index is 0.507. The molecule has 0 fully saturated rings. The first-order valence-electron chi connectivity index (χ1n) is 8.02. The maximum Gasteiger partial charge on any atom is 0.129 e. The second kappa shape index (κ2) is 6.26. The molecular weight excluding hydrogens is 318 g/mol. The number of aromatic nitrogens is 2. The second-order valence-corrected chi connectivity index (χ2v) is 6.81. The number of benzene rings is 2. The number of nitrogens with zero attached hydrogens (tertiary/aromatic N) is 2. The van der Waals surface area contributed by atoms with Gasteiger partial charge in [0.25, 0.3) is 0 Å². The molecule has 0 saturated carbocycles. The van der Waals surface area contributed by atoms with E-state index in [0.29, 0.717) is 13.2 Å². The molecule has 4 aromatic rings. The van der Waals surface area contributed by atoms with Crippen LogP contribution < -0.4 is 10.5 Å². The zero-order valence-corrected chi connectivity index (χ0v) is 14.3. The van der Waals surface area contributed by atoms with Crippen molar-refractivity contribution in [3.05, 3.63) is 58.5 Å². The SMILES string of the molecule is Cc1nc(Cn2c3ccccc3c3c(OCCN)cccc32)cs1. The summed E-state index contributed by atoms with van der Waals surface area (Å²) in [6.45, 7) is 3.82. The minimum atomic E-state index is 0.507. The van der Waals surface area contributed by atoms with Gasteiger partial charge in [-0.15, -0.1) is 11.3 Å². The van der Waals surface area contributed by atoms with Crippen LogP contribution in [0.4, 0.5) is 0 Å². The number of nitrogens with two attached hydrogens (primary N) is 1. The van der Waals surface area contributed by atoms with E-state index in [9.17, 15) is 0 Å². The van der Waals surface area contributed by atoms with Gasteiger partial charge in [-0.25, -0.2) is 4.98 Å². The Morgan fingerprint density at radius 3 is 2.75 bits per heavy atom. The number of hydrogen-bond acceptors (Lipinski definition) is 4. The summed E-state index contributed by atoms with van der Waals surface area (Å²) in [6, 6.07) is 14.6. The van der Waals surface area contributed by atoms with Crippen LogP contribution >= 0.6 is 11.3 Å². The molecule has 4 nitrogen and oxygen atoms in total. The molecule has 0 aliphatic rings. The smallest absolute Gasteiger partial charge is 0.129 e. The molecule has 5 heteroatoms. The van der Waals surface area contributed by atoms with E-state index in [1.54, 1.807) is 11.3 Å². The van der Waals surface area contributed by atoms with Crippen molar-refractivity contribution in [1.82, 2.24) is 9.55 Å². The van der Waals surface area contributed by atoms with E-state index in [-0.39, 0.29) is 0 Å². The molecule has 0 spiro atoms. The number of hydrogen-bond donors (Lipinski definition) is 1. The van der Waals surface area contributed by atoms with Gasteiger partial charge in [0, 0.05) is 28.2 Å². The van der Waals surface area contributed by atoms with Gasteiger partial charge in [0.2, 0.25) is 0 Å². The third-order valence-electron chi connectivity index (χ3n) is 4.12. The van der Waals surface area contributed by atoms with Crippen LogP contribution in [0.25, 0.3) is 21.8 Å². The first kappa shape index (κ1) is 15.2. The summed E-state index contributed by atoms with van der Waals surface area (Å²) < 4.78 is 8.21. The Hall–Kier alpha value is -2.37. The topological polar surface area (TPSA) is 53.1 Å². The predicted molar refractivity (Wildman–Crippen MR) is 99.9 cm³/mol. The Balaban J connectivity index is 1.94. The fraction of sp³-hybridized carbons (Fsp3) is 0.211. The van der Waals surface area contributed by atoms with Crippen molar-refractivity contribution in [2.45, 2.75) is 13.5 Å². The van der Waals surface area contributed by atoms with Crippen molar-refractivity contribution in [3.63, 3.8) is 0 Å². The Bertz CT molecular complexity index is 1000. The molecule has 0 atom stereocenters. The van der Waals surface area contributed by atoms with Crippen molar-refractivity contribution in [3.8, 4) is 5.75 Å². The average Bonchev–Trinajstić information content (AvgIpc) is 3.16. The maximum absolute atomic E-state index is 5.89. The molecule has 2 N–H and O–H groups in total. The van der Waals surface area contributed by atoms with Crippen molar-refractivity contribution in [2.24, 2.45) is 5.73 Å². The molecule has 0 amide bonds. The van der Waals surface area contributed by atoms with Crippen molar-refractivity contribution in [1.29, 1.82) is 0 Å². The zero-order chi connectivity index (χ0) is 16.5. The molecule has 24 heavy (non-hydrogen) atoms. The van der Waals surface area contributed by atoms with Crippen molar-refractivity contribution >= 4 is 33.1 Å². The lowest BCUT2D eigenvalue weighted by molar-refractivity contribution is 0.332. The van der Waals surface area contributed by atoms with Crippen LogP contribution in [-0.2, 0) is 6.54 Å². The highest BCUT2D eigenvalue weighted by atomic mass is 32.1. The normalized spacial score (nSPS) is 11.4. The molecule has 4 rings (SSSR count). The van der Waals surface area contributed by atoms with Gasteiger partial charge in [0.1, 0.15) is 12.4 Å². The Morgan fingerprint density at radius 1 is 1.12 bits per heavy atom. The summed E-state index contributed by atoms with van der Waals surface area (Å²) >= 11 is 1.69. The summed E-state index contributed by atoms with van der Waals surface area (Å²) in [5.41, 5.74) is 9.06. The summed E-state index contributed by atoms with van der Waals surface area (Å²) in [4.78, 5) is 4.62. The van der Waals surface area contributed by atoms with Crippen LogP contribution in [0, 0.1) is 6.92 Å². The molecule has 0 saturated heterocycles. The minimum Gasteiger partial charge on any atom is -0.492 e. The number of rotatable bonds is 5. The van der Waals surface area contributed by atoms with Crippen LogP contribution in [-0.4, -0.2) is 22.7 Å². The highest BCUT2D eigenvalue weighted by Crippen LogP contribution is 2.36. The lowest BCUT2D eigenvalue weighted by Gasteiger charge is -2.08. The highest BCUT2D eigenvalue weighted by Gasteiger charge is 2.15. The average molecular weight is 337 g/mol. The number of fused-ring (bicyclic) bond motifs is 3. The Kier molecular flexibility index (Phi) is 3.96. The van der Waals surface area contributed by atoms with Gasteiger partial charge in [-0.2, -0.15) is 0 Å². The fourth-order valence-electron chi connectivity index (χ4n) is 3.17. The number of aryl methyl sites for hydroxylation is 1. The van der Waals surface area contributed by atoms with Gasteiger partial charge in [-0.1, -0.05) is 24.3 Å². The van der Waals surface area contributed by atoms with E-state index in [2.05, 4.69) is 45.3 Å². The monoisotopic (exact) mass is 337 g/mol. The van der Waals surface area contributed by atoms with E-state index in [0.717, 1.165) is 33.9 Å². The maximum atomic E-state index is 5.89. The molecule has 0 bridgehead atoms. The highest BCUT2D eigenvalue weighted by molar-refractivity contribution is 7.09. The van der Waals surface area contributed by atoms with Crippen LogP contribution in [0.15, 0.2) is 47.8 Å². The Labute approximate surface area is 144 Å². The number of thiazole rings is 1. The van der Waals surface area contributed by atoms with Crippen LogP contribution in [0.3, 0.4) is 0 Å². The second-order valence-electron chi connectivity index (χ2n) is 5.75. The molecule has 0 unspecified atom stereocenters. The molecule has 2 aromatic heterocycles. The van der Waals surface area contributed by atoms with E-state index >= 15 is 0 Å². The first-order chi connectivity index (χ1) is 11.8. The Morgan fingerprint density at radius 2 is 1.96 bits per heavy atom. The van der Waals surface area contributed by atoms with Crippen molar-refractivity contribution in [2.75, 3.05) is 13.2 Å². The molecule has 122 valence electrons. The largest absolute Gasteiger partial charge is 0.492 e. The lowest BCUT2D eigenvalue weighted by atomic mass is 10.1. The van der Waals surface area contributed by atoms with Gasteiger partial charge >= 0.3 is 0 Å². The van der Waals surface area contributed by atoms with Gasteiger partial charge < -0.3 is 15.0 Å². The third-order valence-corrected chi connectivity index (χ3v) is 4.94. The van der Waals surface area contributed by atoms with Crippen LogP contribution in [0.5, 0.6) is 5.75 Å². The summed E-state index contributed by atoms with van der Waals surface area (Å²) in [6.07, 6.45) is 0. The first-order valence-corrected chi connectivity index (χ1v) is 8.89. The summed E-state index contributed by atoms with van der Waals surface area (Å²) in [5, 5.41) is 5.57. The summed E-state index contributed by atoms with van der Waals surface area (Å²) in [7, 11) is 0. The third kappa shape index (κ3) is 2.56. The van der Waals surface area contributed by atoms with E-state index in [4.69, 9.17) is 10.5 Å². The predicted octanol–water partition coefficient (Wildman–Crippen LogP) is 3.95. The number of ether oxygens (including phenoxy) is 1. The van der Waals surface area contributed by atoms with Gasteiger partial charge in [-0.05, 0) is 25.1 Å². The quantitative estimate of drug-likeness (QED) is 0.600. The van der Waals surface area contributed by atoms with Crippen LogP contribution in [0.1, 0.15) is 10.7 Å². The van der Waals surface area contributed by atoms with Gasteiger partial charge in [0.05, 0.1) is 22.8 Å². The zero-order valence-electron chi connectivity index (χ0n) is 13.5. The van der Waals surface area contributed by atoms with E-state index in [1.165, 1.54) is 10.9 Å². The van der Waals surface area contributed by atoms with Gasteiger partial charge in [0.15, 0.2) is 0 Å². The molecular formula is C19H19N3OS. The molecule has 0 radical (unpaired) electrons. The standard InChI is InChI=1S/C19H19N3OS/c1-13-21-14(12-24-13)11-22-16-6-3-2-5-15(16)19-17(22)7-4-8-18(19)23-10-9-20/h2-8,12H,9-11,20H2,1H3. The lowest BCUT2D eigenvalue weighted by Crippen LogP contribution is -2.10. The summed E-state index contributed by atoms with van der Waals surface area (Å²) in [5.74, 6) is 0.891. The molecule has 0 aliphatic carbocycles. The van der Waals surface area contributed by atoms with E-state index in [1.807, 2.05) is 19.1 Å². The van der Waals surface area contributed by atoms with Gasteiger partial charge in [-0.3, -0.25) is 0 Å². The molecule has 2 aromatic carbocycles. The molecule has 2 heterocycles. The number of para-hydroxylation sites is 1. The molecule has 0 aliphatic heterocycles. The van der Waals surface area contributed by atoms with Crippen LogP contribution in [0.2, 0.25) is 0 Å². The van der Waals surface area contributed by atoms with E-state index < -0.39 is 0 Å². The fourth-order valence-corrected chi connectivity index (χ4v) is 3.77. The van der Waals surface area contributed by atoms with Crippen molar-refractivity contribution < 1.29 is 4.74 Å².